The molecule has 2 aromatic rings. The first-order valence-corrected chi connectivity index (χ1v) is 12.9. The Morgan fingerprint density at radius 1 is 1.03 bits per heavy atom. The van der Waals surface area contributed by atoms with Gasteiger partial charge < -0.3 is 10.1 Å². The second-order valence-electron chi connectivity index (χ2n) is 8.61. The van der Waals surface area contributed by atoms with Crippen LogP contribution in [0.4, 0.5) is 0 Å². The molecule has 7 nitrogen and oxygen atoms in total. The number of hydrogen-bond donors (Lipinski definition) is 1. The molecule has 176 valence electrons. The number of halogens is 1. The molecule has 0 atom stereocenters. The molecular formula is C24H27ClN2O5S. The molecule has 2 aromatic carbocycles. The van der Waals surface area contributed by atoms with E-state index in [-0.39, 0.29) is 20.9 Å². The first-order valence-electron chi connectivity index (χ1n) is 11.1. The number of piperidine rings is 1. The number of esters is 1. The zero-order valence-electron chi connectivity index (χ0n) is 18.3. The van der Waals surface area contributed by atoms with Crippen molar-refractivity contribution in [2.75, 3.05) is 26.2 Å². The van der Waals surface area contributed by atoms with Crippen molar-refractivity contribution in [3.63, 3.8) is 0 Å². The highest BCUT2D eigenvalue weighted by Crippen LogP contribution is 2.47. The molecule has 0 aromatic heterocycles. The van der Waals surface area contributed by atoms with E-state index in [0.717, 1.165) is 32.1 Å². The number of nitrogens with zero attached hydrogens (tertiary/aromatic N) is 1. The number of hydrogen-bond acceptors (Lipinski definition) is 5. The summed E-state index contributed by atoms with van der Waals surface area (Å²) < 4.78 is 32.5. The number of rotatable bonds is 8. The number of benzene rings is 2. The van der Waals surface area contributed by atoms with Crippen LogP contribution >= 0.6 is 11.6 Å². The summed E-state index contributed by atoms with van der Waals surface area (Å²) in [5.74, 6) is -1.18. The van der Waals surface area contributed by atoms with E-state index in [4.69, 9.17) is 16.3 Å². The van der Waals surface area contributed by atoms with Crippen LogP contribution < -0.4 is 5.32 Å². The number of amides is 1. The van der Waals surface area contributed by atoms with Crippen molar-refractivity contribution in [1.29, 1.82) is 0 Å². The number of carbonyl (C=O) groups excluding carboxylic acids is 2. The minimum atomic E-state index is -3.81. The third-order valence-electron chi connectivity index (χ3n) is 6.30. The predicted octanol–water partition coefficient (Wildman–Crippen LogP) is 3.52. The van der Waals surface area contributed by atoms with Crippen LogP contribution in [0.3, 0.4) is 0 Å². The summed E-state index contributed by atoms with van der Waals surface area (Å²) in [4.78, 5) is 24.6. The van der Waals surface area contributed by atoms with Gasteiger partial charge in [0.2, 0.25) is 10.0 Å². The van der Waals surface area contributed by atoms with E-state index in [1.807, 2.05) is 18.2 Å². The fraction of sp³-hybridized carbons (Fsp3) is 0.417. The largest absolute Gasteiger partial charge is 0.452 e. The second kappa shape index (κ2) is 9.83. The highest BCUT2D eigenvalue weighted by atomic mass is 35.5. The van der Waals surface area contributed by atoms with Crippen molar-refractivity contribution in [2.45, 2.75) is 42.4 Å². The summed E-state index contributed by atoms with van der Waals surface area (Å²) in [7, 11) is -3.81. The van der Waals surface area contributed by atoms with Crippen molar-refractivity contribution >= 4 is 33.5 Å². The van der Waals surface area contributed by atoms with Gasteiger partial charge in [-0.25, -0.2) is 13.2 Å². The molecule has 0 radical (unpaired) electrons. The molecule has 1 N–H and O–H groups in total. The molecule has 9 heteroatoms. The lowest BCUT2D eigenvalue weighted by Gasteiger charge is -2.26. The van der Waals surface area contributed by atoms with Crippen LogP contribution in [0.25, 0.3) is 0 Å². The van der Waals surface area contributed by atoms with Gasteiger partial charge in [-0.15, -0.1) is 0 Å². The minimum Gasteiger partial charge on any atom is -0.452 e. The van der Waals surface area contributed by atoms with Gasteiger partial charge in [0.1, 0.15) is 4.90 Å². The molecule has 2 fully saturated rings. The van der Waals surface area contributed by atoms with Gasteiger partial charge in [0.05, 0.1) is 10.6 Å². The fourth-order valence-corrected chi connectivity index (χ4v) is 6.13. The van der Waals surface area contributed by atoms with E-state index in [1.165, 1.54) is 28.1 Å². The Bertz CT molecular complexity index is 1130. The molecule has 0 spiro atoms. The van der Waals surface area contributed by atoms with E-state index >= 15 is 0 Å². The molecule has 1 saturated carbocycles. The van der Waals surface area contributed by atoms with Gasteiger partial charge in [0.15, 0.2) is 6.61 Å². The van der Waals surface area contributed by atoms with Crippen LogP contribution in [-0.2, 0) is 25.0 Å². The summed E-state index contributed by atoms with van der Waals surface area (Å²) in [6, 6.07) is 14.0. The van der Waals surface area contributed by atoms with Crippen molar-refractivity contribution < 1.29 is 22.7 Å². The third-order valence-corrected chi connectivity index (χ3v) is 8.68. The Balaban J connectivity index is 1.35. The number of ether oxygens (including phenoxy) is 1. The summed E-state index contributed by atoms with van der Waals surface area (Å²) >= 11 is 6.15. The lowest BCUT2D eigenvalue weighted by atomic mass is 9.96. The van der Waals surface area contributed by atoms with Crippen LogP contribution in [0.1, 0.15) is 48.0 Å². The van der Waals surface area contributed by atoms with E-state index in [0.29, 0.717) is 19.6 Å². The van der Waals surface area contributed by atoms with Gasteiger partial charge in [-0.3, -0.25) is 4.79 Å². The maximum absolute atomic E-state index is 13.0. The first-order chi connectivity index (χ1) is 15.8. The van der Waals surface area contributed by atoms with Crippen molar-refractivity contribution in [1.82, 2.24) is 9.62 Å². The fourth-order valence-electron chi connectivity index (χ4n) is 4.12. The molecule has 0 bridgehead atoms. The predicted molar refractivity (Wildman–Crippen MR) is 125 cm³/mol. The summed E-state index contributed by atoms with van der Waals surface area (Å²) in [5, 5.41) is 2.89. The standard InChI is InChI=1S/C24H27ClN2O5S/c25-20-10-9-18(15-21(20)33(30,31)27-13-5-2-6-14-27)23(29)32-16-22(28)26-17-24(11-12-24)19-7-3-1-4-8-19/h1,3-4,7-10,15H,2,5-6,11-14,16-17H2,(H,26,28). The number of carbonyl (C=O) groups is 2. The Morgan fingerprint density at radius 3 is 2.39 bits per heavy atom. The molecule has 4 rings (SSSR count). The molecular weight excluding hydrogens is 464 g/mol. The lowest BCUT2D eigenvalue weighted by Crippen LogP contribution is -2.36. The highest BCUT2D eigenvalue weighted by Gasteiger charge is 2.44. The van der Waals surface area contributed by atoms with E-state index < -0.39 is 28.5 Å². The zero-order chi connectivity index (χ0) is 23.5. The second-order valence-corrected chi connectivity index (χ2v) is 10.9. The average molecular weight is 491 g/mol. The molecule has 0 unspecified atom stereocenters. The monoisotopic (exact) mass is 490 g/mol. The van der Waals surface area contributed by atoms with Gasteiger partial charge in [-0.2, -0.15) is 4.31 Å². The average Bonchev–Trinajstić information content (AvgIpc) is 3.64. The first kappa shape index (κ1) is 23.7. The Kier molecular flexibility index (Phi) is 7.07. The number of nitrogens with one attached hydrogen (secondary N) is 1. The van der Waals surface area contributed by atoms with Crippen LogP contribution in [-0.4, -0.2) is 50.8 Å². The zero-order valence-corrected chi connectivity index (χ0v) is 19.8. The van der Waals surface area contributed by atoms with Crippen LogP contribution in [0.15, 0.2) is 53.4 Å². The number of sulfonamides is 1. The Labute approximate surface area is 199 Å². The van der Waals surface area contributed by atoms with Gasteiger partial charge in [0.25, 0.3) is 5.91 Å². The summed E-state index contributed by atoms with van der Waals surface area (Å²) in [6.45, 7) is 0.892. The van der Waals surface area contributed by atoms with Gasteiger partial charge in [0, 0.05) is 25.0 Å². The van der Waals surface area contributed by atoms with Crippen LogP contribution in [0.5, 0.6) is 0 Å². The van der Waals surface area contributed by atoms with E-state index in [9.17, 15) is 18.0 Å². The van der Waals surface area contributed by atoms with Gasteiger partial charge in [-0.1, -0.05) is 48.4 Å². The lowest BCUT2D eigenvalue weighted by molar-refractivity contribution is -0.124. The topological polar surface area (TPSA) is 92.8 Å². The maximum Gasteiger partial charge on any atom is 0.338 e. The Morgan fingerprint density at radius 2 is 1.73 bits per heavy atom. The summed E-state index contributed by atoms with van der Waals surface area (Å²) in [6.07, 6.45) is 4.56. The van der Waals surface area contributed by atoms with E-state index in [2.05, 4.69) is 17.4 Å². The van der Waals surface area contributed by atoms with E-state index in [1.54, 1.807) is 0 Å². The van der Waals surface area contributed by atoms with Gasteiger partial charge >= 0.3 is 5.97 Å². The van der Waals surface area contributed by atoms with Crippen LogP contribution in [0, 0.1) is 0 Å². The SMILES string of the molecule is O=C(COC(=O)c1ccc(Cl)c(S(=O)(=O)N2CCCCC2)c1)NCC1(c2ccccc2)CC1. The van der Waals surface area contributed by atoms with Crippen molar-refractivity contribution in [2.24, 2.45) is 0 Å². The molecule has 1 aliphatic heterocycles. The molecule has 33 heavy (non-hydrogen) atoms. The summed E-state index contributed by atoms with van der Waals surface area (Å²) in [5.41, 5.74) is 1.17. The normalized spacial score (nSPS) is 17.8. The van der Waals surface area contributed by atoms with Gasteiger partial charge in [-0.05, 0) is 49.4 Å². The quantitative estimate of drug-likeness (QED) is 0.571. The molecule has 1 aliphatic carbocycles. The van der Waals surface area contributed by atoms with Crippen LogP contribution in [0.2, 0.25) is 5.02 Å². The molecule has 1 amide bonds. The van der Waals surface area contributed by atoms with Crippen molar-refractivity contribution in [3.8, 4) is 0 Å². The highest BCUT2D eigenvalue weighted by molar-refractivity contribution is 7.89. The molecule has 1 saturated heterocycles. The maximum atomic E-state index is 13.0. The Hall–Kier alpha value is -2.42. The third kappa shape index (κ3) is 5.39. The smallest absolute Gasteiger partial charge is 0.338 e. The van der Waals surface area contributed by atoms with Crippen molar-refractivity contribution in [3.05, 3.63) is 64.7 Å². The molecule has 1 heterocycles. The minimum absolute atomic E-state index is 0.0331. The molecule has 2 aliphatic rings.